The minimum atomic E-state index is -4.27. The first-order valence-electron chi connectivity index (χ1n) is 5.63. The van der Waals surface area contributed by atoms with Crippen molar-refractivity contribution in [3.63, 3.8) is 0 Å². The fourth-order valence-corrected chi connectivity index (χ4v) is 1.76. The smallest absolute Gasteiger partial charge is 0.395 e. The first-order valence-corrected chi connectivity index (χ1v) is 5.63. The molecule has 102 valence electrons. The molecule has 3 N–H and O–H groups in total. The molecule has 0 aromatic heterocycles. The standard InChI is InChI=1S/C12H17F3N2O/c13-12(14,15)9-17(5-6-18)8-11-4-2-1-3-10(11)7-16/h1-4,18H,5-9,16H2. The van der Waals surface area contributed by atoms with Gasteiger partial charge in [-0.25, -0.2) is 0 Å². The Labute approximate surface area is 104 Å². The maximum atomic E-state index is 12.4. The fraction of sp³-hybridized carbons (Fsp3) is 0.500. The van der Waals surface area contributed by atoms with Crippen molar-refractivity contribution in [1.29, 1.82) is 0 Å². The average Bonchev–Trinajstić information content (AvgIpc) is 2.28. The zero-order valence-corrected chi connectivity index (χ0v) is 9.95. The molecule has 0 saturated heterocycles. The van der Waals surface area contributed by atoms with E-state index < -0.39 is 12.7 Å². The summed E-state index contributed by atoms with van der Waals surface area (Å²) in [7, 11) is 0. The molecule has 6 heteroatoms. The average molecular weight is 262 g/mol. The van der Waals surface area contributed by atoms with Crippen LogP contribution in [0, 0.1) is 0 Å². The summed E-state index contributed by atoms with van der Waals surface area (Å²) in [6, 6.07) is 7.11. The molecule has 0 amide bonds. The molecule has 0 heterocycles. The summed E-state index contributed by atoms with van der Waals surface area (Å²) >= 11 is 0. The number of nitrogens with two attached hydrogens (primary N) is 1. The number of aliphatic hydroxyl groups excluding tert-OH is 1. The summed E-state index contributed by atoms with van der Waals surface area (Å²) in [5.74, 6) is 0. The Hall–Kier alpha value is -1.11. The van der Waals surface area contributed by atoms with E-state index in [2.05, 4.69) is 0 Å². The lowest BCUT2D eigenvalue weighted by molar-refractivity contribution is -0.148. The van der Waals surface area contributed by atoms with Crippen molar-refractivity contribution in [3.05, 3.63) is 35.4 Å². The van der Waals surface area contributed by atoms with Gasteiger partial charge in [-0.15, -0.1) is 0 Å². The molecule has 0 bridgehead atoms. The zero-order valence-electron chi connectivity index (χ0n) is 9.95. The highest BCUT2D eigenvalue weighted by Crippen LogP contribution is 2.19. The Morgan fingerprint density at radius 3 is 2.28 bits per heavy atom. The Kier molecular flexibility index (Phi) is 5.58. The van der Waals surface area contributed by atoms with Crippen LogP contribution in [0.5, 0.6) is 0 Å². The molecule has 0 aliphatic rings. The molecule has 0 spiro atoms. The molecule has 0 fully saturated rings. The SMILES string of the molecule is NCc1ccccc1CN(CCO)CC(F)(F)F. The number of hydrogen-bond donors (Lipinski definition) is 2. The minimum absolute atomic E-state index is 0.0155. The molecule has 0 radical (unpaired) electrons. The molecule has 0 aliphatic carbocycles. The highest BCUT2D eigenvalue weighted by atomic mass is 19.4. The van der Waals surface area contributed by atoms with Crippen LogP contribution in [0.3, 0.4) is 0 Å². The number of nitrogens with zero attached hydrogens (tertiary/aromatic N) is 1. The maximum Gasteiger partial charge on any atom is 0.401 e. The maximum absolute atomic E-state index is 12.4. The second-order valence-electron chi connectivity index (χ2n) is 4.02. The molecular weight excluding hydrogens is 245 g/mol. The van der Waals surface area contributed by atoms with E-state index in [0.29, 0.717) is 0 Å². The van der Waals surface area contributed by atoms with Gasteiger partial charge in [0.1, 0.15) is 0 Å². The van der Waals surface area contributed by atoms with Crippen LogP contribution in [0.4, 0.5) is 13.2 Å². The molecule has 1 aromatic rings. The second kappa shape index (κ2) is 6.72. The summed E-state index contributed by atoms with van der Waals surface area (Å²) in [4.78, 5) is 1.16. The molecule has 18 heavy (non-hydrogen) atoms. The van der Waals surface area contributed by atoms with E-state index in [1.54, 1.807) is 24.3 Å². The lowest BCUT2D eigenvalue weighted by atomic mass is 10.1. The van der Waals surface area contributed by atoms with Gasteiger partial charge in [0, 0.05) is 19.6 Å². The molecule has 3 nitrogen and oxygen atoms in total. The van der Waals surface area contributed by atoms with Crippen molar-refractivity contribution in [1.82, 2.24) is 4.90 Å². The van der Waals surface area contributed by atoms with E-state index in [4.69, 9.17) is 10.8 Å². The molecule has 1 rings (SSSR count). The van der Waals surface area contributed by atoms with Crippen LogP contribution in [-0.4, -0.2) is 35.9 Å². The number of halogens is 3. The third-order valence-electron chi connectivity index (χ3n) is 2.55. The zero-order chi connectivity index (χ0) is 13.6. The summed E-state index contributed by atoms with van der Waals surface area (Å²) in [6.07, 6.45) is -4.27. The van der Waals surface area contributed by atoms with Crippen molar-refractivity contribution in [2.75, 3.05) is 19.7 Å². The van der Waals surface area contributed by atoms with Gasteiger partial charge in [0.15, 0.2) is 0 Å². The van der Waals surface area contributed by atoms with Crippen molar-refractivity contribution < 1.29 is 18.3 Å². The van der Waals surface area contributed by atoms with Crippen LogP contribution in [-0.2, 0) is 13.1 Å². The molecule has 0 atom stereocenters. The minimum Gasteiger partial charge on any atom is -0.395 e. The molecular formula is C12H17F3N2O. The van der Waals surface area contributed by atoms with Crippen molar-refractivity contribution in [2.24, 2.45) is 5.73 Å². The van der Waals surface area contributed by atoms with Crippen LogP contribution in [0.25, 0.3) is 0 Å². The van der Waals surface area contributed by atoms with E-state index in [1.807, 2.05) is 0 Å². The summed E-state index contributed by atoms with van der Waals surface area (Å²) < 4.78 is 37.1. The van der Waals surface area contributed by atoms with E-state index >= 15 is 0 Å². The van der Waals surface area contributed by atoms with Gasteiger partial charge in [-0.3, -0.25) is 4.90 Å². The number of benzene rings is 1. The Morgan fingerprint density at radius 2 is 1.78 bits per heavy atom. The Morgan fingerprint density at radius 1 is 1.17 bits per heavy atom. The third-order valence-corrected chi connectivity index (χ3v) is 2.55. The van der Waals surface area contributed by atoms with Crippen LogP contribution in [0.1, 0.15) is 11.1 Å². The summed E-state index contributed by atoms with van der Waals surface area (Å²) in [5, 5.41) is 8.80. The predicted octanol–water partition coefficient (Wildman–Crippen LogP) is 1.50. The molecule has 0 unspecified atom stereocenters. The van der Waals surface area contributed by atoms with Crippen LogP contribution in [0.15, 0.2) is 24.3 Å². The topological polar surface area (TPSA) is 49.5 Å². The summed E-state index contributed by atoms with van der Waals surface area (Å²) in [5.41, 5.74) is 7.12. The lowest BCUT2D eigenvalue weighted by Crippen LogP contribution is -2.36. The van der Waals surface area contributed by atoms with Gasteiger partial charge in [0.25, 0.3) is 0 Å². The lowest BCUT2D eigenvalue weighted by Gasteiger charge is -2.23. The van der Waals surface area contributed by atoms with Gasteiger partial charge in [0.2, 0.25) is 0 Å². The van der Waals surface area contributed by atoms with Gasteiger partial charge in [-0.1, -0.05) is 24.3 Å². The number of aliphatic hydroxyl groups is 1. The molecule has 1 aromatic carbocycles. The second-order valence-corrected chi connectivity index (χ2v) is 4.02. The van der Waals surface area contributed by atoms with E-state index in [1.165, 1.54) is 0 Å². The Bertz CT molecular complexity index is 369. The van der Waals surface area contributed by atoms with Crippen molar-refractivity contribution in [3.8, 4) is 0 Å². The van der Waals surface area contributed by atoms with Crippen molar-refractivity contribution in [2.45, 2.75) is 19.3 Å². The van der Waals surface area contributed by atoms with Gasteiger partial charge in [-0.05, 0) is 11.1 Å². The first-order chi connectivity index (χ1) is 8.46. The van der Waals surface area contributed by atoms with Gasteiger partial charge >= 0.3 is 6.18 Å². The van der Waals surface area contributed by atoms with E-state index in [-0.39, 0.29) is 26.2 Å². The number of alkyl halides is 3. The predicted molar refractivity (Wildman–Crippen MR) is 62.8 cm³/mol. The van der Waals surface area contributed by atoms with Gasteiger partial charge < -0.3 is 10.8 Å². The molecule has 0 saturated carbocycles. The first kappa shape index (κ1) is 14.9. The highest BCUT2D eigenvalue weighted by molar-refractivity contribution is 5.26. The fourth-order valence-electron chi connectivity index (χ4n) is 1.76. The van der Waals surface area contributed by atoms with E-state index in [0.717, 1.165) is 16.0 Å². The normalized spacial score (nSPS) is 12.1. The van der Waals surface area contributed by atoms with Crippen LogP contribution in [0.2, 0.25) is 0 Å². The van der Waals surface area contributed by atoms with Crippen molar-refractivity contribution >= 4 is 0 Å². The molecule has 0 aliphatic heterocycles. The van der Waals surface area contributed by atoms with Gasteiger partial charge in [0.05, 0.1) is 13.2 Å². The number of rotatable bonds is 6. The monoisotopic (exact) mass is 262 g/mol. The van der Waals surface area contributed by atoms with Crippen LogP contribution < -0.4 is 5.73 Å². The van der Waals surface area contributed by atoms with Crippen LogP contribution >= 0.6 is 0 Å². The summed E-state index contributed by atoms with van der Waals surface area (Å²) in [6.45, 7) is -0.936. The quantitative estimate of drug-likeness (QED) is 0.817. The van der Waals surface area contributed by atoms with E-state index in [9.17, 15) is 13.2 Å². The Balaban J connectivity index is 2.76. The largest absolute Gasteiger partial charge is 0.401 e. The third kappa shape index (κ3) is 5.03. The van der Waals surface area contributed by atoms with Gasteiger partial charge in [-0.2, -0.15) is 13.2 Å². The number of hydrogen-bond acceptors (Lipinski definition) is 3. The highest BCUT2D eigenvalue weighted by Gasteiger charge is 2.30.